The Labute approximate surface area is 150 Å². The predicted molar refractivity (Wildman–Crippen MR) is 98.3 cm³/mol. The minimum Gasteiger partial charge on any atom is -0.497 e. The third kappa shape index (κ3) is 3.06. The summed E-state index contributed by atoms with van der Waals surface area (Å²) in [6.45, 7) is 0.503. The molecule has 1 fully saturated rings. The molecule has 1 heterocycles. The molecule has 1 aliphatic rings. The first-order valence-corrected chi connectivity index (χ1v) is 8.58. The Bertz CT molecular complexity index is 1010. The van der Waals surface area contributed by atoms with Gasteiger partial charge in [-0.3, -0.25) is 9.59 Å². The highest BCUT2D eigenvalue weighted by Crippen LogP contribution is 2.30. The number of benzene rings is 2. The lowest BCUT2D eigenvalue weighted by atomic mass is 10.1. The number of aromatic nitrogens is 2. The zero-order valence-electron chi connectivity index (χ0n) is 14.4. The van der Waals surface area contributed by atoms with Crippen molar-refractivity contribution in [3.05, 3.63) is 70.1 Å². The van der Waals surface area contributed by atoms with Crippen LogP contribution in [-0.2, 0) is 6.54 Å². The van der Waals surface area contributed by atoms with E-state index >= 15 is 0 Å². The fourth-order valence-corrected chi connectivity index (χ4v) is 3.09. The summed E-state index contributed by atoms with van der Waals surface area (Å²) in [6, 6.07) is 15.0. The number of carbonyl (C=O) groups excluding carboxylic acids is 1. The molecule has 2 aromatic carbocycles. The number of ether oxygens (including phenoxy) is 1. The number of aromatic amines is 1. The number of H-pyrrole nitrogens is 1. The topological polar surface area (TPSA) is 75.3 Å². The lowest BCUT2D eigenvalue weighted by Crippen LogP contribution is -2.34. The highest BCUT2D eigenvalue weighted by molar-refractivity contribution is 6.04. The van der Waals surface area contributed by atoms with Crippen LogP contribution in [0, 0.1) is 0 Å². The summed E-state index contributed by atoms with van der Waals surface area (Å²) in [4.78, 5) is 27.0. The molecule has 1 aliphatic carbocycles. The van der Waals surface area contributed by atoms with E-state index in [9.17, 15) is 9.59 Å². The Kier molecular flexibility index (Phi) is 4.16. The van der Waals surface area contributed by atoms with E-state index in [4.69, 9.17) is 4.74 Å². The highest BCUT2D eigenvalue weighted by Gasteiger charge is 2.34. The van der Waals surface area contributed by atoms with Crippen molar-refractivity contribution in [2.45, 2.75) is 25.4 Å². The van der Waals surface area contributed by atoms with Gasteiger partial charge in [-0.1, -0.05) is 30.3 Å². The average Bonchev–Trinajstić information content (AvgIpc) is 3.52. The van der Waals surface area contributed by atoms with Gasteiger partial charge in [0.15, 0.2) is 5.69 Å². The molecular formula is C20H19N3O3. The van der Waals surface area contributed by atoms with Gasteiger partial charge in [0.2, 0.25) is 0 Å². The van der Waals surface area contributed by atoms with Crippen LogP contribution in [-0.4, -0.2) is 34.2 Å². The van der Waals surface area contributed by atoms with Crippen molar-refractivity contribution in [2.75, 3.05) is 7.11 Å². The van der Waals surface area contributed by atoms with E-state index in [1.54, 1.807) is 25.3 Å². The Morgan fingerprint density at radius 3 is 2.50 bits per heavy atom. The molecule has 132 valence electrons. The van der Waals surface area contributed by atoms with E-state index < -0.39 is 0 Å². The van der Waals surface area contributed by atoms with Crippen molar-refractivity contribution >= 4 is 16.7 Å². The molecule has 26 heavy (non-hydrogen) atoms. The second kappa shape index (κ2) is 6.63. The van der Waals surface area contributed by atoms with E-state index in [2.05, 4.69) is 10.2 Å². The summed E-state index contributed by atoms with van der Waals surface area (Å²) in [5.41, 5.74) is 1.03. The minimum atomic E-state index is -0.287. The van der Waals surface area contributed by atoms with Crippen molar-refractivity contribution in [2.24, 2.45) is 0 Å². The quantitative estimate of drug-likeness (QED) is 0.768. The molecule has 6 heteroatoms. The summed E-state index contributed by atoms with van der Waals surface area (Å²) in [5.74, 6) is 0.627. The number of hydrogen-bond donors (Lipinski definition) is 1. The predicted octanol–water partition coefficient (Wildman–Crippen LogP) is 2.74. The Hall–Kier alpha value is -3.15. The maximum atomic E-state index is 13.2. The lowest BCUT2D eigenvalue weighted by molar-refractivity contribution is 0.0725. The highest BCUT2D eigenvalue weighted by atomic mass is 16.5. The average molecular weight is 349 g/mol. The molecule has 0 radical (unpaired) electrons. The largest absolute Gasteiger partial charge is 0.497 e. The number of amides is 1. The number of fused-ring (bicyclic) bond motifs is 1. The molecule has 0 aliphatic heterocycles. The molecule has 0 atom stereocenters. The second-order valence-corrected chi connectivity index (χ2v) is 6.46. The van der Waals surface area contributed by atoms with Gasteiger partial charge in [-0.15, -0.1) is 0 Å². The van der Waals surface area contributed by atoms with Crippen LogP contribution in [0.3, 0.4) is 0 Å². The van der Waals surface area contributed by atoms with E-state index in [1.807, 2.05) is 35.2 Å². The standard InChI is InChI=1S/C20H19N3O3/c1-26-15-10-6-13(7-11-15)12-23(14-8-9-14)20(25)18-16-4-2-3-5-17(16)19(24)22-21-18/h2-7,10-11,14H,8-9,12H2,1H3,(H,22,24). The van der Waals surface area contributed by atoms with Crippen LogP contribution in [0.4, 0.5) is 0 Å². The number of nitrogens with zero attached hydrogens (tertiary/aromatic N) is 2. The van der Waals surface area contributed by atoms with Crippen molar-refractivity contribution < 1.29 is 9.53 Å². The smallest absolute Gasteiger partial charge is 0.275 e. The van der Waals surface area contributed by atoms with Gasteiger partial charge in [0.1, 0.15) is 5.75 Å². The van der Waals surface area contributed by atoms with Gasteiger partial charge < -0.3 is 9.64 Å². The van der Waals surface area contributed by atoms with Gasteiger partial charge in [0, 0.05) is 18.0 Å². The lowest BCUT2D eigenvalue weighted by Gasteiger charge is -2.22. The molecule has 1 N–H and O–H groups in total. The first kappa shape index (κ1) is 16.3. The molecule has 0 bridgehead atoms. The van der Waals surface area contributed by atoms with Gasteiger partial charge in [-0.25, -0.2) is 5.10 Å². The summed E-state index contributed by atoms with van der Waals surface area (Å²) in [7, 11) is 1.63. The van der Waals surface area contributed by atoms with Crippen LogP contribution in [0.2, 0.25) is 0 Å². The van der Waals surface area contributed by atoms with Crippen molar-refractivity contribution in [1.29, 1.82) is 0 Å². The van der Waals surface area contributed by atoms with E-state index in [0.29, 0.717) is 23.0 Å². The first-order valence-electron chi connectivity index (χ1n) is 8.58. The minimum absolute atomic E-state index is 0.157. The molecule has 0 saturated heterocycles. The normalized spacial score (nSPS) is 13.6. The zero-order valence-corrected chi connectivity index (χ0v) is 14.4. The number of hydrogen-bond acceptors (Lipinski definition) is 4. The molecule has 1 amide bonds. The first-order chi connectivity index (χ1) is 12.7. The van der Waals surface area contributed by atoms with E-state index in [0.717, 1.165) is 24.2 Å². The summed E-state index contributed by atoms with van der Waals surface area (Å²) >= 11 is 0. The van der Waals surface area contributed by atoms with Gasteiger partial charge in [0.25, 0.3) is 11.5 Å². The summed E-state index contributed by atoms with van der Waals surface area (Å²) in [5, 5.41) is 7.57. The van der Waals surface area contributed by atoms with Crippen molar-refractivity contribution in [3.8, 4) is 5.75 Å². The van der Waals surface area contributed by atoms with Crippen LogP contribution in [0.1, 0.15) is 28.9 Å². The molecule has 3 aromatic rings. The van der Waals surface area contributed by atoms with Crippen LogP contribution in [0.5, 0.6) is 5.75 Å². The SMILES string of the molecule is COc1ccc(CN(C(=O)c2n[nH]c(=O)c3ccccc23)C2CC2)cc1. The third-order valence-corrected chi connectivity index (χ3v) is 4.66. The Balaban J connectivity index is 1.68. The fraction of sp³-hybridized carbons (Fsp3) is 0.250. The third-order valence-electron chi connectivity index (χ3n) is 4.66. The second-order valence-electron chi connectivity index (χ2n) is 6.46. The fourth-order valence-electron chi connectivity index (χ4n) is 3.09. The van der Waals surface area contributed by atoms with Gasteiger partial charge in [-0.2, -0.15) is 5.10 Å². The zero-order chi connectivity index (χ0) is 18.1. The van der Waals surface area contributed by atoms with Crippen LogP contribution in [0.25, 0.3) is 10.8 Å². The molecule has 1 saturated carbocycles. The molecule has 4 rings (SSSR count). The number of methoxy groups -OCH3 is 1. The van der Waals surface area contributed by atoms with Crippen LogP contribution in [0.15, 0.2) is 53.3 Å². The van der Waals surface area contributed by atoms with Gasteiger partial charge >= 0.3 is 0 Å². The van der Waals surface area contributed by atoms with Gasteiger partial charge in [0.05, 0.1) is 12.5 Å². The van der Waals surface area contributed by atoms with Crippen molar-refractivity contribution in [3.63, 3.8) is 0 Å². The maximum Gasteiger partial charge on any atom is 0.275 e. The Morgan fingerprint density at radius 1 is 1.15 bits per heavy atom. The summed E-state index contributed by atoms with van der Waals surface area (Å²) < 4.78 is 5.19. The van der Waals surface area contributed by atoms with E-state index in [-0.39, 0.29) is 17.5 Å². The number of nitrogens with one attached hydrogen (secondary N) is 1. The summed E-state index contributed by atoms with van der Waals surface area (Å²) in [6.07, 6.45) is 1.98. The maximum absolute atomic E-state index is 13.2. The molecule has 1 aromatic heterocycles. The van der Waals surface area contributed by atoms with E-state index in [1.165, 1.54) is 0 Å². The molecule has 0 spiro atoms. The van der Waals surface area contributed by atoms with Gasteiger partial charge in [-0.05, 0) is 36.6 Å². The molecule has 6 nitrogen and oxygen atoms in total. The molecule has 0 unspecified atom stereocenters. The van der Waals surface area contributed by atoms with Crippen molar-refractivity contribution in [1.82, 2.24) is 15.1 Å². The number of carbonyl (C=O) groups is 1. The number of rotatable bonds is 5. The monoisotopic (exact) mass is 349 g/mol. The van der Waals surface area contributed by atoms with Crippen LogP contribution >= 0.6 is 0 Å². The van der Waals surface area contributed by atoms with Crippen LogP contribution < -0.4 is 10.3 Å². The Morgan fingerprint density at radius 2 is 1.85 bits per heavy atom. The molecular weight excluding hydrogens is 330 g/mol.